The number of ether oxygens (including phenoxy) is 1. The monoisotopic (exact) mass is 377 g/mol. The molecule has 2 rings (SSSR count). The lowest BCUT2D eigenvalue weighted by Gasteiger charge is -2.14. The van der Waals surface area contributed by atoms with Crippen LogP contribution in [0.5, 0.6) is 0 Å². The van der Waals surface area contributed by atoms with Crippen LogP contribution in [0.1, 0.15) is 28.4 Å². The Labute approximate surface area is 157 Å². The number of halogens is 1. The first-order valence-electron chi connectivity index (χ1n) is 8.45. The van der Waals surface area contributed by atoms with Gasteiger partial charge in [0.2, 0.25) is 0 Å². The van der Waals surface area contributed by atoms with Crippen LogP contribution >= 0.6 is 11.8 Å². The van der Waals surface area contributed by atoms with Gasteiger partial charge in [0.25, 0.3) is 5.91 Å². The van der Waals surface area contributed by atoms with E-state index in [9.17, 15) is 9.18 Å². The second-order valence-corrected chi connectivity index (χ2v) is 6.92. The van der Waals surface area contributed by atoms with Gasteiger partial charge in [-0.2, -0.15) is 0 Å². The van der Waals surface area contributed by atoms with Crippen molar-refractivity contribution in [2.45, 2.75) is 25.4 Å². The van der Waals surface area contributed by atoms with Crippen molar-refractivity contribution >= 4 is 23.5 Å². The van der Waals surface area contributed by atoms with E-state index < -0.39 is 0 Å². The van der Waals surface area contributed by atoms with Gasteiger partial charge in [-0.1, -0.05) is 19.1 Å². The van der Waals surface area contributed by atoms with E-state index in [0.717, 1.165) is 17.1 Å². The molecule has 0 aliphatic carbocycles. The lowest BCUT2D eigenvalue weighted by molar-refractivity contribution is 0.0946. The fourth-order valence-electron chi connectivity index (χ4n) is 2.45. The highest BCUT2D eigenvalue weighted by Crippen LogP contribution is 2.26. The summed E-state index contributed by atoms with van der Waals surface area (Å²) in [6.45, 7) is 5.39. The van der Waals surface area contributed by atoms with E-state index in [4.69, 9.17) is 4.74 Å². The van der Waals surface area contributed by atoms with Crippen LogP contribution in [0.25, 0.3) is 0 Å². The number of pyridine rings is 1. The predicted molar refractivity (Wildman–Crippen MR) is 103 cm³/mol. The first-order valence-corrected chi connectivity index (χ1v) is 9.43. The minimum absolute atomic E-state index is 0.210. The topological polar surface area (TPSA) is 63.3 Å². The summed E-state index contributed by atoms with van der Waals surface area (Å²) in [5.41, 5.74) is 2.12. The molecule has 2 aromatic rings. The van der Waals surface area contributed by atoms with Crippen molar-refractivity contribution in [3.63, 3.8) is 0 Å². The molecular weight excluding hydrogens is 353 g/mol. The number of thioether (sulfide) groups is 1. The summed E-state index contributed by atoms with van der Waals surface area (Å²) in [6.07, 6.45) is 0. The molecule has 0 bridgehead atoms. The third kappa shape index (κ3) is 5.71. The Balaban J connectivity index is 2.16. The molecule has 26 heavy (non-hydrogen) atoms. The number of aromatic nitrogens is 1. The maximum Gasteiger partial charge on any atom is 0.254 e. The SMILES string of the molecule is CCSc1nc(NCCOC)cc(C)c1C(=O)NCc1cccc(F)c1. The number of methoxy groups -OCH3 is 1. The average molecular weight is 377 g/mol. The smallest absolute Gasteiger partial charge is 0.254 e. The number of carbonyl (C=O) groups is 1. The highest BCUT2D eigenvalue weighted by atomic mass is 32.2. The fraction of sp³-hybridized carbons (Fsp3) is 0.368. The minimum Gasteiger partial charge on any atom is -0.383 e. The van der Waals surface area contributed by atoms with Crippen molar-refractivity contribution < 1.29 is 13.9 Å². The summed E-state index contributed by atoms with van der Waals surface area (Å²) in [4.78, 5) is 17.3. The lowest BCUT2D eigenvalue weighted by Crippen LogP contribution is -2.25. The summed E-state index contributed by atoms with van der Waals surface area (Å²) < 4.78 is 18.3. The normalized spacial score (nSPS) is 10.6. The van der Waals surface area contributed by atoms with Gasteiger partial charge in [0.15, 0.2) is 0 Å². The van der Waals surface area contributed by atoms with E-state index in [2.05, 4.69) is 15.6 Å². The van der Waals surface area contributed by atoms with Gasteiger partial charge in [0, 0.05) is 20.2 Å². The van der Waals surface area contributed by atoms with Crippen LogP contribution in [0.15, 0.2) is 35.4 Å². The molecule has 0 saturated heterocycles. The minimum atomic E-state index is -0.316. The van der Waals surface area contributed by atoms with Gasteiger partial charge >= 0.3 is 0 Å². The maximum absolute atomic E-state index is 13.3. The Bertz CT molecular complexity index is 756. The molecule has 7 heteroatoms. The summed E-state index contributed by atoms with van der Waals surface area (Å²) >= 11 is 1.52. The fourth-order valence-corrected chi connectivity index (χ4v) is 3.28. The van der Waals surface area contributed by atoms with Crippen molar-refractivity contribution in [2.75, 3.05) is 31.3 Å². The van der Waals surface area contributed by atoms with Crippen LogP contribution in [0.3, 0.4) is 0 Å². The van der Waals surface area contributed by atoms with Gasteiger partial charge in [-0.15, -0.1) is 11.8 Å². The molecule has 1 amide bonds. The second kappa shape index (κ2) is 10.1. The van der Waals surface area contributed by atoms with Gasteiger partial charge in [-0.25, -0.2) is 9.37 Å². The zero-order valence-electron chi connectivity index (χ0n) is 15.3. The number of hydrogen-bond donors (Lipinski definition) is 2. The first kappa shape index (κ1) is 20.2. The molecule has 1 aromatic carbocycles. The average Bonchev–Trinajstić information content (AvgIpc) is 2.60. The van der Waals surface area contributed by atoms with E-state index in [0.29, 0.717) is 29.3 Å². The summed E-state index contributed by atoms with van der Waals surface area (Å²) in [5, 5.41) is 6.73. The molecule has 0 fully saturated rings. The Morgan fingerprint density at radius 3 is 2.85 bits per heavy atom. The van der Waals surface area contributed by atoms with Gasteiger partial charge in [0.05, 0.1) is 12.2 Å². The van der Waals surface area contributed by atoms with Gasteiger partial charge in [0.1, 0.15) is 16.7 Å². The van der Waals surface area contributed by atoms with Crippen LogP contribution in [0.4, 0.5) is 10.2 Å². The van der Waals surface area contributed by atoms with Gasteiger partial charge < -0.3 is 15.4 Å². The Kier molecular flexibility index (Phi) is 7.87. The van der Waals surface area contributed by atoms with Crippen LogP contribution < -0.4 is 10.6 Å². The number of hydrogen-bond acceptors (Lipinski definition) is 5. The predicted octanol–water partition coefficient (Wildman–Crippen LogP) is 3.63. The molecule has 0 aliphatic heterocycles. The molecule has 0 atom stereocenters. The number of aryl methyl sites for hydroxylation is 1. The molecule has 5 nitrogen and oxygen atoms in total. The molecule has 1 aromatic heterocycles. The standard InChI is InChI=1S/C19H24FN3O2S/c1-4-26-19-17(13(2)10-16(23-19)21-8-9-25-3)18(24)22-12-14-6-5-7-15(20)11-14/h5-7,10-11H,4,8-9,12H2,1-3H3,(H,21,23)(H,22,24). The van der Waals surface area contributed by atoms with Crippen molar-refractivity contribution in [3.8, 4) is 0 Å². The number of rotatable bonds is 9. The third-order valence-corrected chi connectivity index (χ3v) is 4.50. The highest BCUT2D eigenvalue weighted by molar-refractivity contribution is 7.99. The Morgan fingerprint density at radius 1 is 1.35 bits per heavy atom. The van der Waals surface area contributed by atoms with E-state index in [-0.39, 0.29) is 18.3 Å². The van der Waals surface area contributed by atoms with Crippen LogP contribution in [0.2, 0.25) is 0 Å². The molecule has 140 valence electrons. The Hall–Kier alpha value is -2.12. The number of nitrogens with one attached hydrogen (secondary N) is 2. The first-order chi connectivity index (χ1) is 12.5. The number of nitrogens with zero attached hydrogens (tertiary/aromatic N) is 1. The largest absolute Gasteiger partial charge is 0.383 e. The van der Waals surface area contributed by atoms with Crippen LogP contribution in [-0.4, -0.2) is 36.9 Å². The summed E-state index contributed by atoms with van der Waals surface area (Å²) in [6, 6.07) is 8.05. The van der Waals surface area contributed by atoms with Crippen LogP contribution in [0, 0.1) is 12.7 Å². The molecule has 2 N–H and O–H groups in total. The van der Waals surface area contributed by atoms with Crippen molar-refractivity contribution in [2.24, 2.45) is 0 Å². The van der Waals surface area contributed by atoms with E-state index in [1.54, 1.807) is 19.2 Å². The second-order valence-electron chi connectivity index (χ2n) is 5.67. The molecule has 0 aliphatic rings. The lowest BCUT2D eigenvalue weighted by atomic mass is 10.1. The number of anilines is 1. The highest BCUT2D eigenvalue weighted by Gasteiger charge is 2.17. The van der Waals surface area contributed by atoms with E-state index >= 15 is 0 Å². The molecule has 0 saturated carbocycles. The molecular formula is C19H24FN3O2S. The van der Waals surface area contributed by atoms with Gasteiger partial charge in [-0.05, 0) is 42.0 Å². The van der Waals surface area contributed by atoms with Crippen molar-refractivity contribution in [1.29, 1.82) is 0 Å². The molecule has 0 unspecified atom stereocenters. The quantitative estimate of drug-likeness (QED) is 0.516. The van der Waals surface area contributed by atoms with E-state index in [1.165, 1.54) is 23.9 Å². The molecule has 1 heterocycles. The summed E-state index contributed by atoms with van der Waals surface area (Å²) in [5.74, 6) is 0.997. The number of carbonyl (C=O) groups excluding carboxylic acids is 1. The molecule has 0 spiro atoms. The zero-order valence-corrected chi connectivity index (χ0v) is 16.1. The van der Waals surface area contributed by atoms with E-state index in [1.807, 2.05) is 19.9 Å². The summed E-state index contributed by atoms with van der Waals surface area (Å²) in [7, 11) is 1.64. The van der Waals surface area contributed by atoms with Crippen molar-refractivity contribution in [3.05, 3.63) is 52.8 Å². The zero-order chi connectivity index (χ0) is 18.9. The molecule has 0 radical (unpaired) electrons. The maximum atomic E-state index is 13.3. The Morgan fingerprint density at radius 2 is 2.15 bits per heavy atom. The van der Waals surface area contributed by atoms with Gasteiger partial charge in [-0.3, -0.25) is 4.79 Å². The number of amides is 1. The third-order valence-electron chi connectivity index (χ3n) is 3.65. The van der Waals surface area contributed by atoms with Crippen molar-refractivity contribution in [1.82, 2.24) is 10.3 Å². The number of benzene rings is 1. The van der Waals surface area contributed by atoms with Crippen LogP contribution in [-0.2, 0) is 11.3 Å².